The van der Waals surface area contributed by atoms with Crippen LogP contribution in [0.1, 0.15) is 0 Å². The van der Waals surface area contributed by atoms with E-state index in [4.69, 9.17) is 5.53 Å². The molecule has 0 N–H and O–H groups in total. The van der Waals surface area contributed by atoms with Gasteiger partial charge in [-0.15, -0.1) is 0 Å². The Morgan fingerprint density at radius 1 is 1.26 bits per heavy atom. The fourth-order valence-corrected chi connectivity index (χ4v) is 2.21. The zero-order chi connectivity index (χ0) is 13.2. The molecule has 0 aliphatic rings. The highest BCUT2D eigenvalue weighted by molar-refractivity contribution is 5.93. The zero-order valence-corrected chi connectivity index (χ0v) is 9.97. The Morgan fingerprint density at radius 2 is 2.11 bits per heavy atom. The van der Waals surface area contributed by atoms with E-state index >= 15 is 0 Å². The van der Waals surface area contributed by atoms with Gasteiger partial charge in [-0.1, -0.05) is 23.3 Å². The van der Waals surface area contributed by atoms with Crippen molar-refractivity contribution in [3.05, 3.63) is 57.5 Å². The van der Waals surface area contributed by atoms with Gasteiger partial charge in [-0.3, -0.25) is 4.57 Å². The van der Waals surface area contributed by atoms with E-state index in [9.17, 15) is 4.79 Å². The van der Waals surface area contributed by atoms with E-state index in [-0.39, 0.29) is 12.2 Å². The second kappa shape index (κ2) is 4.47. The molecule has 0 saturated heterocycles. The van der Waals surface area contributed by atoms with Gasteiger partial charge in [0, 0.05) is 23.4 Å². The number of azide groups is 1. The summed E-state index contributed by atoms with van der Waals surface area (Å²) in [5.74, 6) is 0. The number of hydrogen-bond acceptors (Lipinski definition) is 3. The number of rotatable bonds is 3. The number of para-hydroxylation sites is 1. The topological polar surface area (TPSA) is 88.1 Å². The molecule has 0 aliphatic heterocycles. The Bertz CT molecular complexity index is 855. The Hall–Kier alpha value is -2.79. The summed E-state index contributed by atoms with van der Waals surface area (Å²) in [6.45, 7) is 0.562. The van der Waals surface area contributed by atoms with E-state index in [1.165, 1.54) is 4.52 Å². The van der Waals surface area contributed by atoms with E-state index in [0.29, 0.717) is 6.54 Å². The molecule has 0 atom stereocenters. The minimum atomic E-state index is -0.230. The van der Waals surface area contributed by atoms with Gasteiger partial charge in [0.1, 0.15) is 0 Å². The molecule has 0 spiro atoms. The summed E-state index contributed by atoms with van der Waals surface area (Å²) in [6, 6.07) is 9.41. The molecule has 0 saturated carbocycles. The van der Waals surface area contributed by atoms with Gasteiger partial charge < -0.3 is 0 Å². The quantitative estimate of drug-likeness (QED) is 0.406. The highest BCUT2D eigenvalue weighted by Gasteiger charge is 2.09. The maximum absolute atomic E-state index is 12.3. The summed E-state index contributed by atoms with van der Waals surface area (Å²) < 4.78 is 2.93. The van der Waals surface area contributed by atoms with E-state index in [1.807, 2.05) is 30.3 Å². The molecule has 0 bridgehead atoms. The largest absolute Gasteiger partial charge is 0.349 e. The van der Waals surface area contributed by atoms with Crippen LogP contribution in [0, 0.1) is 0 Å². The molecule has 0 amide bonds. The van der Waals surface area contributed by atoms with Gasteiger partial charge in [-0.05, 0) is 17.7 Å². The number of fused-ring (bicyclic) bond motifs is 3. The predicted octanol–water partition coefficient (Wildman–Crippen LogP) is 1.96. The highest BCUT2D eigenvalue weighted by Crippen LogP contribution is 2.17. The summed E-state index contributed by atoms with van der Waals surface area (Å²) >= 11 is 0. The highest BCUT2D eigenvalue weighted by atomic mass is 16.1. The fourth-order valence-electron chi connectivity index (χ4n) is 2.21. The van der Waals surface area contributed by atoms with Gasteiger partial charge in [0.25, 0.3) is 0 Å². The molecule has 0 unspecified atom stereocenters. The molecule has 19 heavy (non-hydrogen) atoms. The van der Waals surface area contributed by atoms with Crippen molar-refractivity contribution in [1.29, 1.82) is 0 Å². The van der Waals surface area contributed by atoms with Crippen LogP contribution in [0.25, 0.3) is 26.9 Å². The van der Waals surface area contributed by atoms with Gasteiger partial charge in [-0.2, -0.15) is 9.61 Å². The molecule has 1 aromatic carbocycles. The van der Waals surface area contributed by atoms with E-state index in [1.54, 1.807) is 10.8 Å². The van der Waals surface area contributed by atoms with Crippen molar-refractivity contribution in [3.63, 3.8) is 0 Å². The molecule has 2 aromatic heterocycles. The number of hydrogen-bond donors (Lipinski definition) is 0. The van der Waals surface area contributed by atoms with Crippen LogP contribution in [0.4, 0.5) is 0 Å². The molecule has 3 rings (SSSR count). The molecule has 0 aliphatic carbocycles. The lowest BCUT2D eigenvalue weighted by molar-refractivity contribution is 0.658. The number of nitrogens with zero attached hydrogens (tertiary/aromatic N) is 6. The van der Waals surface area contributed by atoms with Crippen LogP contribution in [0.2, 0.25) is 0 Å². The second-order valence-electron chi connectivity index (χ2n) is 4.03. The summed E-state index contributed by atoms with van der Waals surface area (Å²) in [7, 11) is 0. The van der Waals surface area contributed by atoms with Crippen molar-refractivity contribution >= 4 is 16.4 Å². The van der Waals surface area contributed by atoms with Crippen LogP contribution in [0.3, 0.4) is 0 Å². The van der Waals surface area contributed by atoms with Crippen molar-refractivity contribution in [1.82, 2.24) is 14.2 Å². The second-order valence-corrected chi connectivity index (χ2v) is 4.03. The van der Waals surface area contributed by atoms with Crippen molar-refractivity contribution in [2.45, 2.75) is 6.54 Å². The minimum Gasteiger partial charge on any atom is -0.292 e. The Morgan fingerprint density at radius 3 is 2.95 bits per heavy atom. The SMILES string of the molecule is [N-]=[N+]=NCCn1c(=O)n2nccc2c2ccccc21. The van der Waals surface area contributed by atoms with Gasteiger partial charge in [0.15, 0.2) is 0 Å². The summed E-state index contributed by atoms with van der Waals surface area (Å²) in [6.07, 6.45) is 1.60. The summed E-state index contributed by atoms with van der Waals surface area (Å²) in [5, 5.41) is 8.46. The number of aromatic nitrogens is 3. The van der Waals surface area contributed by atoms with E-state index < -0.39 is 0 Å². The first-order chi connectivity index (χ1) is 9.33. The van der Waals surface area contributed by atoms with Crippen LogP contribution in [0.15, 0.2) is 46.4 Å². The molecular formula is C12H10N6O. The van der Waals surface area contributed by atoms with Crippen LogP contribution in [-0.4, -0.2) is 20.7 Å². The van der Waals surface area contributed by atoms with Gasteiger partial charge in [0.2, 0.25) is 0 Å². The smallest absolute Gasteiger partial charge is 0.292 e. The number of benzene rings is 1. The van der Waals surface area contributed by atoms with Crippen molar-refractivity contribution in [2.24, 2.45) is 5.11 Å². The normalized spacial score (nSPS) is 10.7. The minimum absolute atomic E-state index is 0.229. The predicted molar refractivity (Wildman–Crippen MR) is 71.0 cm³/mol. The zero-order valence-electron chi connectivity index (χ0n) is 9.97. The van der Waals surface area contributed by atoms with Crippen LogP contribution < -0.4 is 5.69 Å². The summed E-state index contributed by atoms with van der Waals surface area (Å²) in [4.78, 5) is 15.0. The van der Waals surface area contributed by atoms with Crippen LogP contribution in [-0.2, 0) is 6.54 Å². The van der Waals surface area contributed by atoms with Crippen molar-refractivity contribution in [3.8, 4) is 0 Å². The van der Waals surface area contributed by atoms with E-state index in [0.717, 1.165) is 16.4 Å². The van der Waals surface area contributed by atoms with Crippen molar-refractivity contribution in [2.75, 3.05) is 6.54 Å². The first kappa shape index (κ1) is 11.3. The fraction of sp³-hybridized carbons (Fsp3) is 0.167. The van der Waals surface area contributed by atoms with Crippen LogP contribution >= 0.6 is 0 Å². The maximum atomic E-state index is 12.3. The molecular weight excluding hydrogens is 244 g/mol. The van der Waals surface area contributed by atoms with Gasteiger partial charge in [0.05, 0.1) is 17.2 Å². The molecule has 7 nitrogen and oxygen atoms in total. The molecule has 3 aromatic rings. The monoisotopic (exact) mass is 254 g/mol. The Kier molecular flexibility index (Phi) is 2.66. The third kappa shape index (κ3) is 1.73. The Balaban J connectivity index is 2.35. The lowest BCUT2D eigenvalue weighted by Gasteiger charge is -2.10. The lowest BCUT2D eigenvalue weighted by atomic mass is 10.2. The van der Waals surface area contributed by atoms with Crippen molar-refractivity contribution < 1.29 is 0 Å². The van der Waals surface area contributed by atoms with Gasteiger partial charge >= 0.3 is 5.69 Å². The van der Waals surface area contributed by atoms with E-state index in [2.05, 4.69) is 15.1 Å². The average Bonchev–Trinajstić information content (AvgIpc) is 2.92. The first-order valence-electron chi connectivity index (χ1n) is 5.79. The molecule has 7 heteroatoms. The summed E-state index contributed by atoms with van der Waals surface area (Å²) in [5.41, 5.74) is 9.68. The third-order valence-corrected chi connectivity index (χ3v) is 3.01. The van der Waals surface area contributed by atoms with Crippen LogP contribution in [0.5, 0.6) is 0 Å². The average molecular weight is 254 g/mol. The Labute approximate surface area is 107 Å². The molecule has 0 radical (unpaired) electrons. The maximum Gasteiger partial charge on any atom is 0.349 e. The standard InChI is InChI=1S/C12H10N6O/c13-16-14-7-8-17-10-4-2-1-3-9(10)11-5-6-15-18(11)12(17)19/h1-6H,7-8H2. The lowest BCUT2D eigenvalue weighted by Crippen LogP contribution is -2.28. The first-order valence-corrected chi connectivity index (χ1v) is 5.79. The molecule has 2 heterocycles. The third-order valence-electron chi connectivity index (χ3n) is 3.01. The molecule has 94 valence electrons. The molecule has 0 fully saturated rings. The van der Waals surface area contributed by atoms with Gasteiger partial charge in [-0.25, -0.2) is 4.79 Å².